The topological polar surface area (TPSA) is 59.8 Å². The third-order valence-corrected chi connectivity index (χ3v) is 4.42. The Hall–Kier alpha value is -2.47. The monoisotopic (exact) mass is 312 g/mol. The molecule has 2 aromatic heterocycles. The molecule has 0 radical (unpaired) electrons. The van der Waals surface area contributed by atoms with Crippen molar-refractivity contribution in [2.45, 2.75) is 20.4 Å². The van der Waals surface area contributed by atoms with Crippen molar-refractivity contribution in [2.75, 3.05) is 5.32 Å². The largest absolute Gasteiger partial charge is 0.321 e. The fourth-order valence-electron chi connectivity index (χ4n) is 2.24. The second kappa shape index (κ2) is 6.11. The van der Waals surface area contributed by atoms with Gasteiger partial charge >= 0.3 is 0 Å². The first-order valence-corrected chi connectivity index (χ1v) is 7.90. The first-order valence-electron chi connectivity index (χ1n) is 7.02. The lowest BCUT2D eigenvalue weighted by molar-refractivity contribution is 0.103. The molecule has 0 fully saturated rings. The van der Waals surface area contributed by atoms with Crippen LogP contribution in [0.1, 0.15) is 22.2 Å². The molecule has 2 heterocycles. The Labute approximate surface area is 132 Å². The van der Waals surface area contributed by atoms with Crippen LogP contribution in [-0.4, -0.2) is 20.7 Å². The summed E-state index contributed by atoms with van der Waals surface area (Å²) in [5.74, 6) is 0.715. The summed E-state index contributed by atoms with van der Waals surface area (Å²) in [5, 5.41) is 12.9. The van der Waals surface area contributed by atoms with Crippen LogP contribution in [0, 0.1) is 6.92 Å². The van der Waals surface area contributed by atoms with Crippen LogP contribution in [0.3, 0.4) is 0 Å². The summed E-state index contributed by atoms with van der Waals surface area (Å²) in [4.78, 5) is 13.0. The minimum Gasteiger partial charge on any atom is -0.321 e. The van der Waals surface area contributed by atoms with Crippen molar-refractivity contribution in [2.24, 2.45) is 0 Å². The molecule has 0 aliphatic rings. The van der Waals surface area contributed by atoms with Crippen molar-refractivity contribution in [1.82, 2.24) is 14.8 Å². The molecule has 0 aliphatic carbocycles. The Bertz CT molecular complexity index is 806. The SMILES string of the molecule is CCn1cnnc1-c1cccc(NC(=O)c2sccc2C)c1. The fourth-order valence-corrected chi connectivity index (χ4v) is 3.06. The number of nitrogens with zero attached hydrogens (tertiary/aromatic N) is 3. The molecule has 6 heteroatoms. The van der Waals surface area contributed by atoms with E-state index in [1.807, 2.05) is 54.1 Å². The number of anilines is 1. The molecular formula is C16H16N4OS. The van der Waals surface area contributed by atoms with E-state index in [0.717, 1.165) is 34.1 Å². The van der Waals surface area contributed by atoms with Gasteiger partial charge in [0.2, 0.25) is 0 Å². The number of benzene rings is 1. The highest BCUT2D eigenvalue weighted by atomic mass is 32.1. The summed E-state index contributed by atoms with van der Waals surface area (Å²) in [7, 11) is 0. The first kappa shape index (κ1) is 14.5. The summed E-state index contributed by atoms with van der Waals surface area (Å²) < 4.78 is 1.96. The molecule has 1 N–H and O–H groups in total. The van der Waals surface area contributed by atoms with E-state index in [9.17, 15) is 4.79 Å². The lowest BCUT2D eigenvalue weighted by Gasteiger charge is -2.08. The zero-order valence-corrected chi connectivity index (χ0v) is 13.2. The quantitative estimate of drug-likeness (QED) is 0.801. The Morgan fingerprint density at radius 2 is 2.23 bits per heavy atom. The number of amides is 1. The maximum atomic E-state index is 12.3. The smallest absolute Gasteiger partial charge is 0.265 e. The number of hydrogen-bond acceptors (Lipinski definition) is 4. The van der Waals surface area contributed by atoms with E-state index in [2.05, 4.69) is 15.5 Å². The van der Waals surface area contributed by atoms with E-state index in [1.165, 1.54) is 11.3 Å². The van der Waals surface area contributed by atoms with Gasteiger partial charge in [-0.15, -0.1) is 21.5 Å². The Kier molecular flexibility index (Phi) is 4.02. The maximum absolute atomic E-state index is 12.3. The lowest BCUT2D eigenvalue weighted by atomic mass is 10.2. The number of rotatable bonds is 4. The summed E-state index contributed by atoms with van der Waals surface area (Å²) in [6.45, 7) is 4.77. The van der Waals surface area contributed by atoms with Gasteiger partial charge < -0.3 is 9.88 Å². The van der Waals surface area contributed by atoms with E-state index < -0.39 is 0 Å². The van der Waals surface area contributed by atoms with E-state index in [-0.39, 0.29) is 5.91 Å². The molecule has 0 saturated heterocycles. The van der Waals surface area contributed by atoms with Crippen LogP contribution in [0.15, 0.2) is 42.0 Å². The minimum absolute atomic E-state index is 0.0818. The number of carbonyl (C=O) groups excluding carboxylic acids is 1. The number of aryl methyl sites for hydroxylation is 2. The van der Waals surface area contributed by atoms with E-state index in [1.54, 1.807) is 6.33 Å². The summed E-state index contributed by atoms with van der Waals surface area (Å²) >= 11 is 1.45. The average molecular weight is 312 g/mol. The molecule has 3 aromatic rings. The minimum atomic E-state index is -0.0818. The van der Waals surface area contributed by atoms with E-state index in [4.69, 9.17) is 0 Å². The van der Waals surface area contributed by atoms with Crippen LogP contribution in [-0.2, 0) is 6.54 Å². The molecular weight excluding hydrogens is 296 g/mol. The molecule has 3 rings (SSSR count). The second-order valence-corrected chi connectivity index (χ2v) is 5.82. The van der Waals surface area contributed by atoms with Crippen LogP contribution in [0.2, 0.25) is 0 Å². The first-order chi connectivity index (χ1) is 10.7. The van der Waals surface area contributed by atoms with Crippen molar-refractivity contribution in [3.63, 3.8) is 0 Å². The van der Waals surface area contributed by atoms with Crippen molar-refractivity contribution in [3.8, 4) is 11.4 Å². The number of hydrogen-bond donors (Lipinski definition) is 1. The van der Waals surface area contributed by atoms with Gasteiger partial charge in [-0.25, -0.2) is 0 Å². The van der Waals surface area contributed by atoms with E-state index in [0.29, 0.717) is 0 Å². The molecule has 1 aromatic carbocycles. The van der Waals surface area contributed by atoms with Gasteiger partial charge in [-0.1, -0.05) is 12.1 Å². The Morgan fingerprint density at radius 3 is 2.95 bits per heavy atom. The van der Waals surface area contributed by atoms with Crippen LogP contribution in [0.5, 0.6) is 0 Å². The Balaban J connectivity index is 1.86. The highest BCUT2D eigenvalue weighted by Crippen LogP contribution is 2.22. The van der Waals surface area contributed by atoms with Gasteiger partial charge in [-0.05, 0) is 43.0 Å². The van der Waals surface area contributed by atoms with Gasteiger partial charge in [-0.3, -0.25) is 4.79 Å². The molecule has 0 unspecified atom stereocenters. The molecule has 0 saturated carbocycles. The number of nitrogens with one attached hydrogen (secondary N) is 1. The maximum Gasteiger partial charge on any atom is 0.265 e. The van der Waals surface area contributed by atoms with Crippen LogP contribution in [0.25, 0.3) is 11.4 Å². The molecule has 112 valence electrons. The van der Waals surface area contributed by atoms with Crippen molar-refractivity contribution < 1.29 is 4.79 Å². The summed E-state index contributed by atoms with van der Waals surface area (Å²) in [6, 6.07) is 9.59. The molecule has 0 bridgehead atoms. The van der Waals surface area contributed by atoms with Crippen LogP contribution in [0.4, 0.5) is 5.69 Å². The Morgan fingerprint density at radius 1 is 1.36 bits per heavy atom. The molecule has 0 aliphatic heterocycles. The van der Waals surface area contributed by atoms with Gasteiger partial charge in [0.05, 0.1) is 4.88 Å². The average Bonchev–Trinajstić information content (AvgIpc) is 3.15. The number of aromatic nitrogens is 3. The number of carbonyl (C=O) groups is 1. The van der Waals surface area contributed by atoms with E-state index >= 15 is 0 Å². The van der Waals surface area contributed by atoms with Crippen LogP contribution >= 0.6 is 11.3 Å². The van der Waals surface area contributed by atoms with Gasteiger partial charge in [0, 0.05) is 17.8 Å². The van der Waals surface area contributed by atoms with Crippen molar-refractivity contribution >= 4 is 22.9 Å². The third-order valence-electron chi connectivity index (χ3n) is 3.40. The summed E-state index contributed by atoms with van der Waals surface area (Å²) in [5.41, 5.74) is 2.67. The molecule has 22 heavy (non-hydrogen) atoms. The van der Waals surface area contributed by atoms with Gasteiger partial charge in [-0.2, -0.15) is 0 Å². The number of thiophene rings is 1. The van der Waals surface area contributed by atoms with Crippen molar-refractivity contribution in [3.05, 3.63) is 52.5 Å². The molecule has 0 spiro atoms. The zero-order chi connectivity index (χ0) is 15.5. The second-order valence-electron chi connectivity index (χ2n) is 4.91. The van der Waals surface area contributed by atoms with Gasteiger partial charge in [0.25, 0.3) is 5.91 Å². The molecule has 0 atom stereocenters. The predicted octanol–water partition coefficient (Wildman–Crippen LogP) is 3.59. The standard InChI is InChI=1S/C16H16N4OS/c1-3-20-10-17-19-15(20)12-5-4-6-13(9-12)18-16(21)14-11(2)7-8-22-14/h4-10H,3H2,1-2H3,(H,18,21). The van der Waals surface area contributed by atoms with Gasteiger partial charge in [0.1, 0.15) is 6.33 Å². The molecule has 1 amide bonds. The van der Waals surface area contributed by atoms with Crippen molar-refractivity contribution in [1.29, 1.82) is 0 Å². The summed E-state index contributed by atoms with van der Waals surface area (Å²) in [6.07, 6.45) is 1.70. The fraction of sp³-hybridized carbons (Fsp3) is 0.188. The highest BCUT2D eigenvalue weighted by molar-refractivity contribution is 7.12. The highest BCUT2D eigenvalue weighted by Gasteiger charge is 2.12. The zero-order valence-electron chi connectivity index (χ0n) is 12.4. The normalized spacial score (nSPS) is 10.6. The lowest BCUT2D eigenvalue weighted by Crippen LogP contribution is -2.11. The third kappa shape index (κ3) is 2.78. The predicted molar refractivity (Wildman–Crippen MR) is 88.1 cm³/mol. The van der Waals surface area contributed by atoms with Crippen LogP contribution < -0.4 is 5.32 Å². The van der Waals surface area contributed by atoms with Gasteiger partial charge in [0.15, 0.2) is 5.82 Å². The molecule has 5 nitrogen and oxygen atoms in total.